The Morgan fingerprint density at radius 1 is 1.53 bits per heavy atom. The minimum absolute atomic E-state index is 0.0515. The van der Waals surface area contributed by atoms with Crippen LogP contribution < -0.4 is 4.74 Å². The second-order valence-electron chi connectivity index (χ2n) is 4.32. The van der Waals surface area contributed by atoms with Crippen LogP contribution in [0.25, 0.3) is 0 Å². The lowest BCUT2D eigenvalue weighted by Gasteiger charge is -2.13. The zero-order valence-corrected chi connectivity index (χ0v) is 10.7. The van der Waals surface area contributed by atoms with Crippen LogP contribution in [0.1, 0.15) is 12.8 Å². The summed E-state index contributed by atoms with van der Waals surface area (Å²) in [5.74, 6) is 0.969. The number of ether oxygens (including phenoxy) is 1. The average molecular weight is 274 g/mol. The number of nitrogens with zero attached hydrogens (tertiary/aromatic N) is 1. The number of thiol groups is 1. The summed E-state index contributed by atoms with van der Waals surface area (Å²) in [4.78, 5) is 10.3. The Labute approximate surface area is 109 Å². The van der Waals surface area contributed by atoms with Gasteiger partial charge in [-0.1, -0.05) is 11.6 Å². The van der Waals surface area contributed by atoms with Gasteiger partial charge in [-0.25, -0.2) is 0 Å². The molecule has 1 aromatic carbocycles. The van der Waals surface area contributed by atoms with Crippen LogP contribution in [0.15, 0.2) is 18.2 Å². The molecule has 1 aromatic rings. The van der Waals surface area contributed by atoms with Crippen LogP contribution in [-0.2, 0) is 0 Å². The van der Waals surface area contributed by atoms with Gasteiger partial charge in [-0.2, -0.15) is 12.6 Å². The average Bonchev–Trinajstić information content (AvgIpc) is 3.07. The maximum atomic E-state index is 10.8. The van der Waals surface area contributed by atoms with Crippen molar-refractivity contribution < 1.29 is 9.66 Å². The lowest BCUT2D eigenvalue weighted by Crippen LogP contribution is -2.15. The van der Waals surface area contributed by atoms with E-state index in [2.05, 4.69) is 12.6 Å². The van der Waals surface area contributed by atoms with Crippen molar-refractivity contribution in [3.05, 3.63) is 33.3 Å². The number of hydrogen-bond donors (Lipinski definition) is 1. The first-order chi connectivity index (χ1) is 8.06. The molecule has 0 bridgehead atoms. The second-order valence-corrected chi connectivity index (χ2v) is 5.07. The van der Waals surface area contributed by atoms with Gasteiger partial charge in [-0.05, 0) is 24.7 Å². The molecule has 0 atom stereocenters. The molecule has 0 aromatic heterocycles. The zero-order chi connectivity index (χ0) is 12.5. The molecule has 92 valence electrons. The molecule has 0 heterocycles. The van der Waals surface area contributed by atoms with Gasteiger partial charge >= 0.3 is 5.69 Å². The Balaban J connectivity index is 2.13. The van der Waals surface area contributed by atoms with Gasteiger partial charge in [-0.15, -0.1) is 0 Å². The van der Waals surface area contributed by atoms with Gasteiger partial charge in [0.05, 0.1) is 11.5 Å². The molecule has 6 heteroatoms. The summed E-state index contributed by atoms with van der Waals surface area (Å²) >= 11 is 10.1. The van der Waals surface area contributed by atoms with E-state index in [4.69, 9.17) is 16.3 Å². The molecule has 0 radical (unpaired) electrons. The molecule has 0 saturated heterocycles. The minimum atomic E-state index is -0.466. The Bertz CT molecular complexity index is 448. The van der Waals surface area contributed by atoms with Crippen LogP contribution >= 0.6 is 24.2 Å². The van der Waals surface area contributed by atoms with Crippen molar-refractivity contribution in [2.75, 3.05) is 12.4 Å². The molecule has 0 amide bonds. The summed E-state index contributed by atoms with van der Waals surface area (Å²) in [5.41, 5.74) is 0.0450. The summed E-state index contributed by atoms with van der Waals surface area (Å²) < 4.78 is 5.52. The lowest BCUT2D eigenvalue weighted by molar-refractivity contribution is -0.385. The maximum absolute atomic E-state index is 10.8. The highest BCUT2D eigenvalue weighted by Gasteiger charge is 2.42. The zero-order valence-electron chi connectivity index (χ0n) is 9.06. The second kappa shape index (κ2) is 4.74. The number of hydrogen-bond acceptors (Lipinski definition) is 4. The van der Waals surface area contributed by atoms with Crippen LogP contribution in [0.4, 0.5) is 5.69 Å². The van der Waals surface area contributed by atoms with Crippen molar-refractivity contribution in [2.24, 2.45) is 5.41 Å². The number of rotatable bonds is 5. The molecule has 1 saturated carbocycles. The normalized spacial score (nSPS) is 16.6. The topological polar surface area (TPSA) is 52.4 Å². The summed E-state index contributed by atoms with van der Waals surface area (Å²) in [6.45, 7) is 0.456. The third kappa shape index (κ3) is 2.84. The molecule has 1 aliphatic rings. The van der Waals surface area contributed by atoms with Gasteiger partial charge in [0.25, 0.3) is 0 Å². The van der Waals surface area contributed by atoms with E-state index in [-0.39, 0.29) is 16.9 Å². The summed E-state index contributed by atoms with van der Waals surface area (Å²) in [5, 5.41) is 11.2. The molecule has 17 heavy (non-hydrogen) atoms. The highest BCUT2D eigenvalue weighted by Crippen LogP contribution is 2.47. The quantitative estimate of drug-likeness (QED) is 0.509. The van der Waals surface area contributed by atoms with Gasteiger partial charge in [0.2, 0.25) is 0 Å². The first kappa shape index (κ1) is 12.5. The molecule has 1 aliphatic carbocycles. The van der Waals surface area contributed by atoms with Crippen molar-refractivity contribution in [2.45, 2.75) is 12.8 Å². The predicted molar refractivity (Wildman–Crippen MR) is 69.1 cm³/mol. The third-order valence-corrected chi connectivity index (χ3v) is 3.85. The van der Waals surface area contributed by atoms with Crippen LogP contribution in [-0.4, -0.2) is 17.3 Å². The Morgan fingerprint density at radius 3 is 2.76 bits per heavy atom. The van der Waals surface area contributed by atoms with E-state index in [1.807, 2.05) is 0 Å². The van der Waals surface area contributed by atoms with E-state index in [0.717, 1.165) is 18.6 Å². The highest BCUT2D eigenvalue weighted by molar-refractivity contribution is 7.80. The molecular formula is C11H12ClNO3S. The number of halogens is 1. The molecule has 0 aliphatic heterocycles. The van der Waals surface area contributed by atoms with Gasteiger partial charge in [-0.3, -0.25) is 10.1 Å². The van der Waals surface area contributed by atoms with Crippen molar-refractivity contribution >= 4 is 29.9 Å². The van der Waals surface area contributed by atoms with Gasteiger partial charge in [0, 0.05) is 22.6 Å². The molecular weight excluding hydrogens is 262 g/mol. The van der Waals surface area contributed by atoms with E-state index in [1.165, 1.54) is 18.2 Å². The fourth-order valence-electron chi connectivity index (χ4n) is 1.51. The molecule has 4 nitrogen and oxygen atoms in total. The molecule has 0 unspecified atom stereocenters. The van der Waals surface area contributed by atoms with Gasteiger partial charge < -0.3 is 4.74 Å². The van der Waals surface area contributed by atoms with E-state index < -0.39 is 4.92 Å². The Kier molecular flexibility index (Phi) is 3.49. The molecule has 1 fully saturated rings. The maximum Gasteiger partial charge on any atom is 0.311 e. The minimum Gasteiger partial charge on any atom is -0.486 e. The van der Waals surface area contributed by atoms with Crippen LogP contribution in [0.5, 0.6) is 5.75 Å². The summed E-state index contributed by atoms with van der Waals surface area (Å²) in [6, 6.07) is 4.32. The fraction of sp³-hybridized carbons (Fsp3) is 0.455. The summed E-state index contributed by atoms with van der Waals surface area (Å²) in [6.07, 6.45) is 2.12. The molecule has 0 N–H and O–H groups in total. The van der Waals surface area contributed by atoms with Crippen molar-refractivity contribution in [3.63, 3.8) is 0 Å². The van der Waals surface area contributed by atoms with Gasteiger partial charge in [0.15, 0.2) is 5.75 Å². The highest BCUT2D eigenvalue weighted by atomic mass is 35.5. The van der Waals surface area contributed by atoms with Crippen molar-refractivity contribution in [3.8, 4) is 5.75 Å². The lowest BCUT2D eigenvalue weighted by atomic mass is 10.2. The fourth-order valence-corrected chi connectivity index (χ4v) is 2.08. The van der Waals surface area contributed by atoms with E-state index in [1.54, 1.807) is 0 Å². The van der Waals surface area contributed by atoms with Crippen molar-refractivity contribution in [1.82, 2.24) is 0 Å². The van der Waals surface area contributed by atoms with E-state index in [9.17, 15) is 10.1 Å². The van der Waals surface area contributed by atoms with E-state index >= 15 is 0 Å². The first-order valence-electron chi connectivity index (χ1n) is 5.24. The molecule has 2 rings (SSSR count). The number of nitro benzene ring substituents is 1. The van der Waals surface area contributed by atoms with Crippen LogP contribution in [0.2, 0.25) is 5.02 Å². The standard InChI is InChI=1S/C11H12ClNO3S/c12-8-1-2-9(13(14)15)10(5-8)16-6-11(7-17)3-4-11/h1-2,5,17H,3-4,6-7H2. The monoisotopic (exact) mass is 273 g/mol. The molecule has 0 spiro atoms. The largest absolute Gasteiger partial charge is 0.486 e. The van der Waals surface area contributed by atoms with E-state index in [0.29, 0.717) is 11.6 Å². The summed E-state index contributed by atoms with van der Waals surface area (Å²) in [7, 11) is 0. The van der Waals surface area contributed by atoms with Crippen LogP contribution in [0, 0.1) is 15.5 Å². The Morgan fingerprint density at radius 2 is 2.24 bits per heavy atom. The first-order valence-corrected chi connectivity index (χ1v) is 6.25. The van der Waals surface area contributed by atoms with Crippen LogP contribution in [0.3, 0.4) is 0 Å². The van der Waals surface area contributed by atoms with Gasteiger partial charge in [0.1, 0.15) is 0 Å². The third-order valence-electron chi connectivity index (χ3n) is 2.94. The SMILES string of the molecule is O=[N+]([O-])c1ccc(Cl)cc1OCC1(CS)CC1. The number of nitro groups is 1. The Hall–Kier alpha value is -0.940. The smallest absolute Gasteiger partial charge is 0.311 e. The predicted octanol–water partition coefficient (Wildman–Crippen LogP) is 3.34. The van der Waals surface area contributed by atoms with Crippen molar-refractivity contribution in [1.29, 1.82) is 0 Å². The number of benzene rings is 1.